The second-order valence-corrected chi connectivity index (χ2v) is 24.8. The number of amides is 4. The molecule has 0 fully saturated rings. The Labute approximate surface area is 634 Å². The molecule has 0 spiro atoms. The van der Waals surface area contributed by atoms with Gasteiger partial charge in [-0.25, -0.2) is 57.5 Å². The molecule has 3 heterocycles. The number of carboxylic acids is 1. The van der Waals surface area contributed by atoms with Crippen LogP contribution in [0.25, 0.3) is 16.7 Å². The molecule has 0 aliphatic carbocycles. The van der Waals surface area contributed by atoms with Crippen molar-refractivity contribution in [2.45, 2.75) is 102 Å². The highest BCUT2D eigenvalue weighted by atomic mass is 35.5. The number of halogens is 22. The van der Waals surface area contributed by atoms with Crippen molar-refractivity contribution in [3.8, 4) is 17.2 Å². The van der Waals surface area contributed by atoms with E-state index in [1.54, 1.807) is 0 Å². The number of allylic oxidation sites excluding steroid dienone is 4. The number of benzene rings is 6. The number of carbonyl (C=O) groups is 6. The van der Waals surface area contributed by atoms with Crippen LogP contribution < -0.4 is 40.0 Å². The molecule has 0 saturated carbocycles. The summed E-state index contributed by atoms with van der Waals surface area (Å²) >= 11 is 5.24. The number of aliphatic carboxylic acids is 1. The number of aliphatic hydroxyl groups is 2. The molecule has 0 saturated heterocycles. The molecular weight excluding hydrogens is 1590 g/mol. The molecule has 113 heavy (non-hydrogen) atoms. The molecule has 6 aromatic carbocycles. The maximum absolute atomic E-state index is 15.1. The number of ether oxygens (including phenoxy) is 3. The number of nitrogens with one attached hydrogen (secondary N) is 1. The monoisotopic (exact) mass is 1650 g/mol. The van der Waals surface area contributed by atoms with E-state index < -0.39 is 239 Å². The van der Waals surface area contributed by atoms with Crippen LogP contribution in [0, 0.1) is 17.5 Å². The van der Waals surface area contributed by atoms with Crippen molar-refractivity contribution in [2.75, 3.05) is 80.5 Å². The van der Waals surface area contributed by atoms with E-state index >= 15 is 8.78 Å². The highest BCUT2D eigenvalue weighted by Crippen LogP contribution is 2.49. The second kappa shape index (κ2) is 38.9. The van der Waals surface area contributed by atoms with Gasteiger partial charge in [-0.1, -0.05) is 7.43 Å². The van der Waals surface area contributed by atoms with Crippen molar-refractivity contribution in [1.82, 2.24) is 5.32 Å². The number of carboxylic acid groups (broad SMARTS) is 1. The van der Waals surface area contributed by atoms with Crippen LogP contribution in [0.5, 0.6) is 17.2 Å². The zero-order chi connectivity index (χ0) is 83.9. The average Bonchev–Trinajstić information content (AvgIpc) is 1.65. The Balaban J connectivity index is 0.000000294. The van der Waals surface area contributed by atoms with Crippen molar-refractivity contribution in [2.24, 2.45) is 5.73 Å². The van der Waals surface area contributed by atoms with Crippen LogP contribution in [0.15, 0.2) is 127 Å². The van der Waals surface area contributed by atoms with Crippen molar-refractivity contribution in [3.63, 3.8) is 0 Å². The van der Waals surface area contributed by atoms with Crippen molar-refractivity contribution in [1.29, 1.82) is 0 Å². The SMILES string of the molecule is C.C[C@@H](F)COc1ccc(C(=O)N2CCC(F)(F)/C(=C\C(=O)Cl)c3cc(F)ccc32)c(C(F)(F)F)c1.C[C@@H](F)COc1ccc(C(=O)N2CCC(F)(F)/C(=C\C(=O)NCCO)c3cc(F)ccc32)c(C(F)(F)F)c1.C[C@@H](F)COc1ccc(C(=O)N2CCC(F)(F)/C(=C\C(=O)O)c3cc(F)ccc32)c(C(F)(F)F)c1.NCCO. The van der Waals surface area contributed by atoms with E-state index in [0.29, 0.717) is 69.8 Å². The van der Waals surface area contributed by atoms with E-state index in [0.717, 1.165) is 93.6 Å². The normalized spacial score (nSPS) is 16.8. The fourth-order valence-electron chi connectivity index (χ4n) is 10.9. The van der Waals surface area contributed by atoms with Gasteiger partial charge in [0.2, 0.25) is 11.1 Å². The van der Waals surface area contributed by atoms with E-state index in [1.165, 1.54) is 0 Å². The molecule has 6 N–H and O–H groups in total. The molecule has 0 bridgehead atoms. The Morgan fingerprint density at radius 1 is 0.487 bits per heavy atom. The minimum atomic E-state index is -5.07. The van der Waals surface area contributed by atoms with Crippen LogP contribution in [0.3, 0.4) is 0 Å². The highest BCUT2D eigenvalue weighted by molar-refractivity contribution is 6.67. The van der Waals surface area contributed by atoms with E-state index in [2.05, 4.69) is 5.32 Å². The maximum atomic E-state index is 15.1. The van der Waals surface area contributed by atoms with Crippen LogP contribution in [-0.2, 0) is 32.9 Å². The predicted octanol–water partition coefficient (Wildman–Crippen LogP) is 16.5. The Bertz CT molecular complexity index is 4330. The first-order valence-corrected chi connectivity index (χ1v) is 33.2. The number of nitrogens with zero attached hydrogens (tertiary/aromatic N) is 3. The minimum Gasteiger partial charge on any atom is -0.491 e. The molecule has 39 heteroatoms. The first-order chi connectivity index (χ1) is 52.1. The number of hydrogen-bond donors (Lipinski definition) is 5. The predicted molar refractivity (Wildman–Crippen MR) is 371 cm³/mol. The number of alkyl halides is 18. The van der Waals surface area contributed by atoms with Gasteiger partial charge in [0.05, 0.1) is 63.7 Å². The smallest absolute Gasteiger partial charge is 0.417 e. The number of nitrogens with two attached hydrogens (primary N) is 1. The van der Waals surface area contributed by atoms with Gasteiger partial charge in [-0.05, 0) is 142 Å². The highest BCUT2D eigenvalue weighted by Gasteiger charge is 2.48. The summed E-state index contributed by atoms with van der Waals surface area (Å²) in [7, 11) is 0. The van der Waals surface area contributed by atoms with Crippen LogP contribution >= 0.6 is 11.6 Å². The zero-order valence-electron chi connectivity index (χ0n) is 58.3. The lowest BCUT2D eigenvalue weighted by Gasteiger charge is -2.25. The summed E-state index contributed by atoms with van der Waals surface area (Å²) in [4.78, 5) is 76.4. The molecule has 0 aromatic heterocycles. The first-order valence-electron chi connectivity index (χ1n) is 32.8. The molecular formula is C74H69ClF21N5O12. The average molecular weight is 1650 g/mol. The van der Waals surface area contributed by atoms with Crippen molar-refractivity contribution >= 4 is 80.2 Å². The lowest BCUT2D eigenvalue weighted by molar-refractivity contribution is -0.138. The van der Waals surface area contributed by atoms with Crippen LogP contribution in [0.4, 0.5) is 109 Å². The molecule has 3 aliphatic heterocycles. The molecule has 6 aromatic rings. The van der Waals surface area contributed by atoms with E-state index in [-0.39, 0.29) is 61.0 Å². The number of anilines is 3. The quantitative estimate of drug-likeness (QED) is 0.0306. The van der Waals surface area contributed by atoms with Gasteiger partial charge < -0.3 is 55.3 Å². The third kappa shape index (κ3) is 24.8. The Hall–Kier alpha value is -10.3. The lowest BCUT2D eigenvalue weighted by Crippen LogP contribution is -2.34. The first kappa shape index (κ1) is 93.3. The third-order valence-corrected chi connectivity index (χ3v) is 16.0. The van der Waals surface area contributed by atoms with Crippen LogP contribution in [-0.4, -0.2) is 152 Å². The molecule has 3 atom stereocenters. The Morgan fingerprint density at radius 2 is 0.770 bits per heavy atom. The van der Waals surface area contributed by atoms with Crippen LogP contribution in [0.2, 0.25) is 0 Å². The number of hydrogen-bond acceptors (Lipinski definition) is 12. The third-order valence-electron chi connectivity index (χ3n) is 15.8. The Morgan fingerprint density at radius 3 is 1.02 bits per heavy atom. The summed E-state index contributed by atoms with van der Waals surface area (Å²) < 4.78 is 310. The Kier molecular flexibility index (Phi) is 32.1. The zero-order valence-corrected chi connectivity index (χ0v) is 59.1. The number of carbonyl (C=O) groups excluding carboxylic acids is 5. The largest absolute Gasteiger partial charge is 0.491 e. The molecule has 9 rings (SSSR count). The number of aliphatic hydroxyl groups excluding tert-OH is 2. The fraction of sp³-hybridized carbons (Fsp3) is 0.351. The van der Waals surface area contributed by atoms with Gasteiger partial charge >= 0.3 is 24.5 Å². The summed E-state index contributed by atoms with van der Waals surface area (Å²) in [6.45, 7) is -0.775. The van der Waals surface area contributed by atoms with Gasteiger partial charge in [-0.2, -0.15) is 39.5 Å². The standard InChI is InChI=1S/C25H23F7N2O4.C23H17ClF7NO3.C23H18F7NO4.C2H7NO.CH4/c1-14(26)13-38-16-3-4-17(20(11-16)25(30,31)32)23(37)34-8-6-24(28,29)19(12-22(36)33-7-9-35)18-10-15(27)2-5-21(18)34;1-12(25)11-35-14-3-4-15(18(9-14)23(29,30)31)21(34)32-7-6-22(27,28)17(10-20(24)33)16-8-13(26)2-5-19(16)32;1-12(24)11-35-14-3-4-15(18(9-14)23(28,29)30)21(34)31-7-6-22(26,27)17(10-20(32)33)16-8-13(25)2-5-19(16)31;3-1-2-4;/h2-5,10-12,14,35H,6-9,13H2,1H3,(H,33,36);2-5,8-10,12H,6-7,11H2,1H3;2-5,8-10,12H,6-7,11H2,1H3,(H,32,33);4H,1-3H2;1H4/b19-12-;2*17-10-;;/t14-;2*12-;;/m111../s1. The molecule has 0 radical (unpaired) electrons. The van der Waals surface area contributed by atoms with Crippen LogP contribution in [0.1, 0.15) is 112 Å². The number of rotatable bonds is 18. The summed E-state index contributed by atoms with van der Waals surface area (Å²) in [6, 6.07) is 14.0. The minimum absolute atomic E-state index is 0. The lowest BCUT2D eigenvalue weighted by atomic mass is 9.96. The van der Waals surface area contributed by atoms with Gasteiger partial charge in [0, 0.05) is 104 Å². The van der Waals surface area contributed by atoms with Gasteiger partial charge in [-0.15, -0.1) is 0 Å². The number of fused-ring (bicyclic) bond motifs is 3. The second-order valence-electron chi connectivity index (χ2n) is 24.5. The molecule has 0 unspecified atom stereocenters. The topological polar surface area (TPSA) is 239 Å². The molecule has 17 nitrogen and oxygen atoms in total. The molecule has 616 valence electrons. The summed E-state index contributed by atoms with van der Waals surface area (Å²) in [5, 5.41) is 26.5. The maximum Gasteiger partial charge on any atom is 0.417 e. The van der Waals surface area contributed by atoms with Gasteiger partial charge in [0.15, 0.2) is 0 Å². The van der Waals surface area contributed by atoms with E-state index in [9.17, 15) is 112 Å². The van der Waals surface area contributed by atoms with E-state index in [1.807, 2.05) is 0 Å². The molecule has 3 aliphatic rings. The summed E-state index contributed by atoms with van der Waals surface area (Å²) in [5.41, 5.74) is -8.09. The van der Waals surface area contributed by atoms with Gasteiger partial charge in [0.1, 0.15) is 73.0 Å². The van der Waals surface area contributed by atoms with Gasteiger partial charge in [0.25, 0.3) is 35.5 Å². The summed E-state index contributed by atoms with van der Waals surface area (Å²) in [6.07, 6.45) is -21.9. The van der Waals surface area contributed by atoms with Crippen molar-refractivity contribution < 1.29 is 150 Å². The summed E-state index contributed by atoms with van der Waals surface area (Å²) in [5.74, 6) is -22.2. The fourth-order valence-corrected chi connectivity index (χ4v) is 11.1. The van der Waals surface area contributed by atoms with Crippen molar-refractivity contribution in [3.05, 3.63) is 195 Å². The van der Waals surface area contributed by atoms with Gasteiger partial charge in [-0.3, -0.25) is 24.0 Å². The van der Waals surface area contributed by atoms with E-state index in [4.69, 9.17) is 46.9 Å². The molecule has 4 amide bonds.